The largest absolute Gasteiger partial charge is 0.388 e. The first-order valence-electron chi connectivity index (χ1n) is 5.73. The summed E-state index contributed by atoms with van der Waals surface area (Å²) in [6.07, 6.45) is 3.14. The second-order valence-corrected chi connectivity index (χ2v) is 5.81. The molecular weight excluding hydrogens is 262 g/mol. The van der Waals surface area contributed by atoms with E-state index in [-0.39, 0.29) is 4.90 Å². The lowest BCUT2D eigenvalue weighted by molar-refractivity contribution is 0.601. The molecule has 0 spiro atoms. The van der Waals surface area contributed by atoms with Crippen molar-refractivity contribution in [1.29, 1.82) is 0 Å². The number of benzene rings is 1. The van der Waals surface area contributed by atoms with Crippen LogP contribution in [-0.4, -0.2) is 20.4 Å². The Morgan fingerprint density at radius 3 is 2.32 bits per heavy atom. The van der Waals surface area contributed by atoms with Gasteiger partial charge in [0.15, 0.2) is 0 Å². The quantitative estimate of drug-likeness (QED) is 0.899. The topological polar surface area (TPSA) is 71.1 Å². The summed E-state index contributed by atoms with van der Waals surface area (Å²) >= 11 is 0. The maximum atomic E-state index is 12.2. The molecule has 0 aliphatic heterocycles. The number of pyridine rings is 1. The highest BCUT2D eigenvalue weighted by molar-refractivity contribution is 7.92. The molecule has 5 nitrogen and oxygen atoms in total. The molecule has 100 valence electrons. The Kier molecular flexibility index (Phi) is 3.71. The van der Waals surface area contributed by atoms with Crippen molar-refractivity contribution in [1.82, 2.24) is 4.98 Å². The van der Waals surface area contributed by atoms with Crippen LogP contribution in [0.4, 0.5) is 11.4 Å². The molecule has 1 heterocycles. The Hall–Kier alpha value is -2.08. The molecule has 2 N–H and O–H groups in total. The van der Waals surface area contributed by atoms with Crippen LogP contribution in [0, 0.1) is 6.92 Å². The fourth-order valence-corrected chi connectivity index (χ4v) is 2.66. The molecule has 0 amide bonds. The highest BCUT2D eigenvalue weighted by Crippen LogP contribution is 2.17. The summed E-state index contributed by atoms with van der Waals surface area (Å²) in [5.41, 5.74) is 2.21. The minimum absolute atomic E-state index is 0.216. The summed E-state index contributed by atoms with van der Waals surface area (Å²) in [4.78, 5) is 4.17. The molecule has 0 saturated heterocycles. The molecule has 0 saturated carbocycles. The zero-order valence-electron chi connectivity index (χ0n) is 10.7. The summed E-state index contributed by atoms with van der Waals surface area (Å²) in [5.74, 6) is 0. The van der Waals surface area contributed by atoms with Crippen LogP contribution in [0.3, 0.4) is 0 Å². The molecule has 19 heavy (non-hydrogen) atoms. The number of anilines is 2. The standard InChI is InChI=1S/C13H15N3O2S/c1-10-7-12(9-15-8-10)16-19(17,18)13-5-3-11(14-2)4-6-13/h3-9,14,16H,1-2H3. The van der Waals surface area contributed by atoms with Gasteiger partial charge in [-0.3, -0.25) is 9.71 Å². The number of nitrogens with one attached hydrogen (secondary N) is 2. The van der Waals surface area contributed by atoms with Crippen molar-refractivity contribution in [2.45, 2.75) is 11.8 Å². The van der Waals surface area contributed by atoms with Crippen LogP contribution in [-0.2, 0) is 10.0 Å². The lowest BCUT2D eigenvalue weighted by Gasteiger charge is -2.09. The number of hydrogen-bond acceptors (Lipinski definition) is 4. The van der Waals surface area contributed by atoms with E-state index in [2.05, 4.69) is 15.0 Å². The van der Waals surface area contributed by atoms with Crippen LogP contribution < -0.4 is 10.0 Å². The van der Waals surface area contributed by atoms with Gasteiger partial charge in [-0.25, -0.2) is 8.42 Å². The van der Waals surface area contributed by atoms with Gasteiger partial charge in [0, 0.05) is 18.9 Å². The Balaban J connectivity index is 2.27. The Morgan fingerprint density at radius 1 is 1.05 bits per heavy atom. The number of aromatic nitrogens is 1. The zero-order chi connectivity index (χ0) is 13.9. The fraction of sp³-hybridized carbons (Fsp3) is 0.154. The molecule has 1 aromatic carbocycles. The predicted molar refractivity (Wildman–Crippen MR) is 75.8 cm³/mol. The van der Waals surface area contributed by atoms with E-state index in [0.29, 0.717) is 5.69 Å². The Bertz CT molecular complexity index is 667. The summed E-state index contributed by atoms with van der Waals surface area (Å²) in [6, 6.07) is 8.26. The second-order valence-electron chi connectivity index (χ2n) is 4.13. The van der Waals surface area contributed by atoms with E-state index in [0.717, 1.165) is 11.3 Å². The Morgan fingerprint density at radius 2 is 1.74 bits per heavy atom. The van der Waals surface area contributed by atoms with Crippen LogP contribution >= 0.6 is 0 Å². The van der Waals surface area contributed by atoms with Gasteiger partial charge < -0.3 is 5.32 Å². The van der Waals surface area contributed by atoms with Crippen LogP contribution in [0.25, 0.3) is 0 Å². The normalized spacial score (nSPS) is 11.1. The third-order valence-electron chi connectivity index (χ3n) is 2.58. The number of hydrogen-bond donors (Lipinski definition) is 2. The maximum Gasteiger partial charge on any atom is 0.261 e. The molecule has 6 heteroatoms. The van der Waals surface area contributed by atoms with Crippen LogP contribution in [0.5, 0.6) is 0 Å². The van der Waals surface area contributed by atoms with E-state index < -0.39 is 10.0 Å². The zero-order valence-corrected chi connectivity index (χ0v) is 11.5. The third kappa shape index (κ3) is 3.23. The molecule has 0 aliphatic rings. The fourth-order valence-electron chi connectivity index (χ4n) is 1.63. The van der Waals surface area contributed by atoms with Crippen LogP contribution in [0.15, 0.2) is 47.6 Å². The van der Waals surface area contributed by atoms with Crippen molar-refractivity contribution in [3.8, 4) is 0 Å². The molecule has 0 unspecified atom stereocenters. The smallest absolute Gasteiger partial charge is 0.261 e. The molecule has 2 rings (SSSR count). The molecular formula is C13H15N3O2S. The number of nitrogens with zero attached hydrogens (tertiary/aromatic N) is 1. The highest BCUT2D eigenvalue weighted by Gasteiger charge is 2.14. The van der Waals surface area contributed by atoms with Gasteiger partial charge in [-0.2, -0.15) is 0 Å². The van der Waals surface area contributed by atoms with Gasteiger partial charge in [0.2, 0.25) is 0 Å². The van der Waals surface area contributed by atoms with Crippen LogP contribution in [0.2, 0.25) is 0 Å². The lowest BCUT2D eigenvalue weighted by Crippen LogP contribution is -2.13. The average Bonchev–Trinajstić information content (AvgIpc) is 2.38. The van der Waals surface area contributed by atoms with Gasteiger partial charge in [-0.1, -0.05) is 0 Å². The molecule has 0 fully saturated rings. The van der Waals surface area contributed by atoms with E-state index in [4.69, 9.17) is 0 Å². The summed E-state index contributed by atoms with van der Waals surface area (Å²) in [6.45, 7) is 1.85. The summed E-state index contributed by atoms with van der Waals surface area (Å²) in [7, 11) is -1.79. The third-order valence-corrected chi connectivity index (χ3v) is 3.98. The van der Waals surface area contributed by atoms with Gasteiger partial charge in [0.25, 0.3) is 10.0 Å². The second kappa shape index (κ2) is 5.27. The first kappa shape index (κ1) is 13.4. The van der Waals surface area contributed by atoms with Gasteiger partial charge in [0.05, 0.1) is 16.8 Å². The first-order chi connectivity index (χ1) is 9.01. The van der Waals surface area contributed by atoms with Crippen LogP contribution in [0.1, 0.15) is 5.56 Å². The monoisotopic (exact) mass is 277 g/mol. The molecule has 2 aromatic rings. The van der Waals surface area contributed by atoms with E-state index in [1.54, 1.807) is 43.6 Å². The van der Waals surface area contributed by atoms with Gasteiger partial charge in [0.1, 0.15) is 0 Å². The van der Waals surface area contributed by atoms with Crippen molar-refractivity contribution in [2.75, 3.05) is 17.1 Å². The summed E-state index contributed by atoms with van der Waals surface area (Å²) in [5, 5.41) is 2.94. The number of sulfonamides is 1. The van der Waals surface area contributed by atoms with Crippen molar-refractivity contribution in [2.24, 2.45) is 0 Å². The summed E-state index contributed by atoms with van der Waals surface area (Å²) < 4.78 is 26.8. The molecule has 1 aromatic heterocycles. The number of aryl methyl sites for hydroxylation is 1. The maximum absolute atomic E-state index is 12.2. The van der Waals surface area contributed by atoms with Gasteiger partial charge >= 0.3 is 0 Å². The number of rotatable bonds is 4. The molecule has 0 radical (unpaired) electrons. The SMILES string of the molecule is CNc1ccc(S(=O)(=O)Nc2cncc(C)c2)cc1. The lowest BCUT2D eigenvalue weighted by atomic mass is 10.3. The van der Waals surface area contributed by atoms with Crippen molar-refractivity contribution >= 4 is 21.4 Å². The highest BCUT2D eigenvalue weighted by atomic mass is 32.2. The van der Waals surface area contributed by atoms with Crippen molar-refractivity contribution in [3.05, 3.63) is 48.3 Å². The van der Waals surface area contributed by atoms with Gasteiger partial charge in [-0.05, 0) is 42.8 Å². The predicted octanol–water partition coefficient (Wildman–Crippen LogP) is 2.23. The Labute approximate surface area is 112 Å². The minimum atomic E-state index is -3.57. The van der Waals surface area contributed by atoms with Crippen molar-refractivity contribution < 1.29 is 8.42 Å². The first-order valence-corrected chi connectivity index (χ1v) is 7.22. The van der Waals surface area contributed by atoms with E-state index >= 15 is 0 Å². The van der Waals surface area contributed by atoms with E-state index in [9.17, 15) is 8.42 Å². The molecule has 0 aliphatic carbocycles. The molecule has 0 bridgehead atoms. The van der Waals surface area contributed by atoms with Gasteiger partial charge in [-0.15, -0.1) is 0 Å². The van der Waals surface area contributed by atoms with Crippen molar-refractivity contribution in [3.63, 3.8) is 0 Å². The minimum Gasteiger partial charge on any atom is -0.388 e. The molecule has 0 atom stereocenters. The van der Waals surface area contributed by atoms with E-state index in [1.165, 1.54) is 6.20 Å². The average molecular weight is 277 g/mol. The van der Waals surface area contributed by atoms with E-state index in [1.807, 2.05) is 6.92 Å².